The van der Waals surface area contributed by atoms with Crippen LogP contribution in [0.3, 0.4) is 0 Å². The van der Waals surface area contributed by atoms with Crippen LogP contribution in [0.25, 0.3) is 11.4 Å². The van der Waals surface area contributed by atoms with Crippen LogP contribution < -0.4 is 5.32 Å². The van der Waals surface area contributed by atoms with Crippen LogP contribution in [0.1, 0.15) is 37.3 Å². The smallest absolute Gasteiger partial charge is 0.374 e. The molecule has 1 unspecified atom stereocenters. The number of benzene rings is 1. The summed E-state index contributed by atoms with van der Waals surface area (Å²) in [7, 11) is -3.19. The van der Waals surface area contributed by atoms with E-state index in [1.165, 1.54) is 0 Å². The van der Waals surface area contributed by atoms with Crippen LogP contribution in [0.2, 0.25) is 0 Å². The normalized spacial score (nSPS) is 22.4. The fraction of sp³-hybridized carbons (Fsp3) is 0.556. The zero-order valence-corrected chi connectivity index (χ0v) is 16.7. The van der Waals surface area contributed by atoms with E-state index < -0.39 is 19.4 Å². The number of ether oxygens (including phenoxy) is 1. The van der Waals surface area contributed by atoms with Gasteiger partial charge in [-0.3, -0.25) is 4.57 Å². The van der Waals surface area contributed by atoms with Gasteiger partial charge in [-0.05, 0) is 12.0 Å². The second-order valence-electron chi connectivity index (χ2n) is 7.07. The lowest BCUT2D eigenvalue weighted by atomic mass is 10.0. The molecule has 0 saturated carbocycles. The van der Waals surface area contributed by atoms with E-state index in [9.17, 15) is 22.6 Å². The summed E-state index contributed by atoms with van der Waals surface area (Å²) in [5.41, 5.74) is 1.28. The van der Waals surface area contributed by atoms with Crippen molar-refractivity contribution in [1.82, 2.24) is 15.5 Å². The maximum absolute atomic E-state index is 12.6. The Labute approximate surface area is 166 Å². The first kappa shape index (κ1) is 22.0. The average Bonchev–Trinajstić information content (AvgIpc) is 3.18. The third kappa shape index (κ3) is 5.88. The molecular weight excluding hydrogens is 410 g/mol. The van der Waals surface area contributed by atoms with Gasteiger partial charge in [0, 0.05) is 18.3 Å². The van der Waals surface area contributed by atoms with E-state index in [1.807, 2.05) is 6.92 Å². The van der Waals surface area contributed by atoms with Crippen molar-refractivity contribution in [3.8, 4) is 11.4 Å². The van der Waals surface area contributed by atoms with Gasteiger partial charge in [0.2, 0.25) is 13.2 Å². The minimum absolute atomic E-state index is 0.120. The molecule has 0 aliphatic carbocycles. The molecule has 1 saturated heterocycles. The number of morpholine rings is 1. The lowest BCUT2D eigenvalue weighted by Gasteiger charge is -2.31. The molecule has 1 fully saturated rings. The Morgan fingerprint density at radius 3 is 2.59 bits per heavy atom. The van der Waals surface area contributed by atoms with E-state index in [-0.39, 0.29) is 24.1 Å². The van der Waals surface area contributed by atoms with Crippen LogP contribution in [0.5, 0.6) is 0 Å². The highest BCUT2D eigenvalue weighted by atomic mass is 31.2. The van der Waals surface area contributed by atoms with Crippen LogP contribution in [0.4, 0.5) is 13.2 Å². The summed E-state index contributed by atoms with van der Waals surface area (Å²) in [5.74, 6) is -1.52. The molecule has 2 aromatic rings. The molecule has 1 aromatic heterocycles. The van der Waals surface area contributed by atoms with Gasteiger partial charge >= 0.3 is 12.1 Å². The first-order valence-corrected chi connectivity index (χ1v) is 11.4. The Balaban J connectivity index is 1.56. The lowest BCUT2D eigenvalue weighted by Crippen LogP contribution is -2.42. The number of hydrogen-bond acceptors (Lipinski definition) is 6. The topological polar surface area (TPSA) is 97.5 Å². The summed E-state index contributed by atoms with van der Waals surface area (Å²) in [5, 5.41) is 6.66. The van der Waals surface area contributed by atoms with Crippen molar-refractivity contribution in [2.24, 2.45) is 0 Å². The number of alkyl halides is 3. The highest BCUT2D eigenvalue weighted by Crippen LogP contribution is 2.43. The number of nitrogens with one attached hydrogen (secondary N) is 1. The van der Waals surface area contributed by atoms with Gasteiger partial charge in [0.25, 0.3) is 0 Å². The molecule has 0 bridgehead atoms. The van der Waals surface area contributed by atoms with Crippen molar-refractivity contribution in [3.05, 3.63) is 35.7 Å². The Morgan fingerprint density at radius 2 is 2.03 bits per heavy atom. The van der Waals surface area contributed by atoms with Gasteiger partial charge in [0.05, 0.1) is 24.9 Å². The monoisotopic (exact) mass is 433 g/mol. The standard InChI is InChI=1S/C18H23F3N3O4P/c1-2-3-8-29(25,26)11-14-9-22-15(10-27-14)12-4-6-13(7-5-12)16-23-17(28-24-16)18(19,20)21/h4-7,14-15,22H,2-3,8-11H2,1H3,(H,25,26)/t14-,15+/m1/s1. The summed E-state index contributed by atoms with van der Waals surface area (Å²) in [6.45, 7) is 2.75. The van der Waals surface area contributed by atoms with Crippen molar-refractivity contribution < 1.29 is 31.9 Å². The minimum Gasteiger partial charge on any atom is -0.374 e. The first-order chi connectivity index (χ1) is 13.7. The molecule has 160 valence electrons. The molecule has 0 spiro atoms. The van der Waals surface area contributed by atoms with Gasteiger partial charge in [0.15, 0.2) is 0 Å². The molecule has 2 N–H and O–H groups in total. The summed E-state index contributed by atoms with van der Waals surface area (Å²) >= 11 is 0. The number of halogens is 3. The van der Waals surface area contributed by atoms with Gasteiger partial charge in [0.1, 0.15) is 0 Å². The molecular formula is C18H23F3N3O4P. The number of aromatic nitrogens is 2. The van der Waals surface area contributed by atoms with Gasteiger partial charge in [-0.1, -0.05) is 42.8 Å². The number of nitrogens with zero attached hydrogens (tertiary/aromatic N) is 2. The zero-order valence-electron chi connectivity index (χ0n) is 15.9. The van der Waals surface area contributed by atoms with Crippen LogP contribution in [-0.4, -0.2) is 46.6 Å². The molecule has 1 aromatic carbocycles. The largest absolute Gasteiger partial charge is 0.471 e. The van der Waals surface area contributed by atoms with E-state index in [2.05, 4.69) is 20.0 Å². The Morgan fingerprint density at radius 1 is 1.31 bits per heavy atom. The number of unbranched alkanes of at least 4 members (excludes halogenated alkanes) is 1. The highest BCUT2D eigenvalue weighted by Gasteiger charge is 2.38. The summed E-state index contributed by atoms with van der Waals surface area (Å²) in [4.78, 5) is 13.4. The predicted molar refractivity (Wildman–Crippen MR) is 99.7 cm³/mol. The Hall–Kier alpha value is -1.74. The molecule has 11 heteroatoms. The maximum Gasteiger partial charge on any atom is 0.471 e. The quantitative estimate of drug-likeness (QED) is 0.640. The fourth-order valence-electron chi connectivity index (χ4n) is 3.09. The van der Waals surface area contributed by atoms with Gasteiger partial charge in [-0.15, -0.1) is 0 Å². The SMILES string of the molecule is CCCCP(=O)(O)C[C@H]1CN[C@H](c2ccc(-c3noc(C(F)(F)F)n3)cc2)CO1. The second-order valence-corrected chi connectivity index (χ2v) is 9.57. The minimum atomic E-state index is -4.68. The van der Waals surface area contributed by atoms with Crippen LogP contribution in [0, 0.1) is 0 Å². The zero-order chi connectivity index (χ0) is 21.1. The first-order valence-electron chi connectivity index (χ1n) is 9.35. The maximum atomic E-state index is 12.6. The molecule has 2 heterocycles. The molecule has 0 radical (unpaired) electrons. The molecule has 7 nitrogen and oxygen atoms in total. The van der Waals surface area contributed by atoms with Crippen molar-refractivity contribution in [1.29, 1.82) is 0 Å². The summed E-state index contributed by atoms with van der Waals surface area (Å²) in [6, 6.07) is 6.60. The molecule has 29 heavy (non-hydrogen) atoms. The molecule has 3 atom stereocenters. The second kappa shape index (κ2) is 8.95. The van der Waals surface area contributed by atoms with Crippen molar-refractivity contribution >= 4 is 7.37 Å². The Bertz CT molecular complexity index is 849. The van der Waals surface area contributed by atoms with Crippen LogP contribution >= 0.6 is 7.37 Å². The van der Waals surface area contributed by atoms with Crippen molar-refractivity contribution in [2.45, 2.75) is 38.1 Å². The van der Waals surface area contributed by atoms with E-state index in [0.29, 0.717) is 31.3 Å². The summed E-state index contributed by atoms with van der Waals surface area (Å²) < 4.78 is 59.9. The van der Waals surface area contributed by atoms with E-state index in [0.717, 1.165) is 12.0 Å². The average molecular weight is 433 g/mol. The third-order valence-corrected chi connectivity index (χ3v) is 6.67. The summed E-state index contributed by atoms with van der Waals surface area (Å²) in [6.07, 6.45) is -2.98. The molecule has 3 rings (SSSR count). The Kier molecular flexibility index (Phi) is 6.78. The lowest BCUT2D eigenvalue weighted by molar-refractivity contribution is -0.159. The third-order valence-electron chi connectivity index (χ3n) is 4.68. The number of rotatable bonds is 7. The highest BCUT2D eigenvalue weighted by molar-refractivity contribution is 7.58. The van der Waals surface area contributed by atoms with Gasteiger partial charge < -0.3 is 19.5 Å². The molecule has 0 amide bonds. The number of hydrogen-bond donors (Lipinski definition) is 2. The molecule has 1 aliphatic heterocycles. The van der Waals surface area contributed by atoms with Gasteiger partial charge in [-0.2, -0.15) is 18.2 Å². The van der Waals surface area contributed by atoms with Gasteiger partial charge in [-0.25, -0.2) is 0 Å². The van der Waals surface area contributed by atoms with Crippen LogP contribution in [-0.2, 0) is 15.5 Å². The van der Waals surface area contributed by atoms with Crippen molar-refractivity contribution in [2.75, 3.05) is 25.5 Å². The van der Waals surface area contributed by atoms with E-state index in [1.54, 1.807) is 24.3 Å². The van der Waals surface area contributed by atoms with E-state index >= 15 is 0 Å². The predicted octanol–water partition coefficient (Wildman–Crippen LogP) is 3.86. The van der Waals surface area contributed by atoms with Crippen molar-refractivity contribution in [3.63, 3.8) is 0 Å². The van der Waals surface area contributed by atoms with Crippen LogP contribution in [0.15, 0.2) is 28.8 Å². The van der Waals surface area contributed by atoms with E-state index in [4.69, 9.17) is 4.74 Å². The molecule has 1 aliphatic rings. The fourth-order valence-corrected chi connectivity index (χ4v) is 4.95.